The Balaban J connectivity index is 2.15. The lowest BCUT2D eigenvalue weighted by Crippen LogP contribution is -2.29. The normalized spacial score (nSPS) is 12.1. The van der Waals surface area contributed by atoms with E-state index in [2.05, 4.69) is 10.6 Å². The number of fused-ring (bicyclic) bond motifs is 1. The van der Waals surface area contributed by atoms with Crippen molar-refractivity contribution in [3.8, 4) is 11.3 Å². The fourth-order valence-electron chi connectivity index (χ4n) is 3.09. The summed E-state index contributed by atoms with van der Waals surface area (Å²) in [6.07, 6.45) is 0. The summed E-state index contributed by atoms with van der Waals surface area (Å²) < 4.78 is 50.2. The first-order valence-corrected chi connectivity index (χ1v) is 10.9. The molecule has 0 bridgehead atoms. The van der Waals surface area contributed by atoms with Crippen LogP contribution >= 0.6 is 0 Å². The molecule has 3 rings (SSSR count). The Bertz CT molecular complexity index is 1410. The summed E-state index contributed by atoms with van der Waals surface area (Å²) in [7, 11) is 0. The second kappa shape index (κ2) is 8.87. The van der Waals surface area contributed by atoms with Gasteiger partial charge in [0.2, 0.25) is 11.8 Å². The molecule has 0 aliphatic carbocycles. The number of hydrogen-bond acceptors (Lipinski definition) is 4. The van der Waals surface area contributed by atoms with Crippen molar-refractivity contribution in [2.24, 2.45) is 10.8 Å². The third-order valence-corrected chi connectivity index (χ3v) is 5.38. The van der Waals surface area contributed by atoms with Gasteiger partial charge in [-0.1, -0.05) is 41.5 Å². The quantitative estimate of drug-likeness (QED) is 0.463. The Labute approximate surface area is 200 Å². The van der Waals surface area contributed by atoms with E-state index in [4.69, 9.17) is 4.42 Å². The van der Waals surface area contributed by atoms with Crippen LogP contribution in [0, 0.1) is 35.2 Å². The standard InChI is InChI=1S/C26H27F3N2O4/c1-12-19(28)21(31-24(34)26(5,6)7)18-16(32)11-17(35-22(18)20(12)29)13-8-9-15(14(27)10-13)30-23(33)25(2,3)4/h8-11H,1-7H3,(H,30,33)(H,31,34). The van der Waals surface area contributed by atoms with Gasteiger partial charge in [0.1, 0.15) is 11.6 Å². The summed E-state index contributed by atoms with van der Waals surface area (Å²) in [5.74, 6) is -4.14. The molecule has 0 saturated heterocycles. The summed E-state index contributed by atoms with van der Waals surface area (Å²) in [5.41, 5.74) is -3.97. The van der Waals surface area contributed by atoms with Crippen LogP contribution in [-0.2, 0) is 9.59 Å². The van der Waals surface area contributed by atoms with Crippen LogP contribution < -0.4 is 16.1 Å². The lowest BCUT2D eigenvalue weighted by atomic mass is 9.95. The van der Waals surface area contributed by atoms with Crippen molar-refractivity contribution in [2.45, 2.75) is 48.5 Å². The average molecular weight is 489 g/mol. The molecule has 0 atom stereocenters. The van der Waals surface area contributed by atoms with Gasteiger partial charge < -0.3 is 15.1 Å². The van der Waals surface area contributed by atoms with E-state index in [1.54, 1.807) is 41.5 Å². The fourth-order valence-corrected chi connectivity index (χ4v) is 3.09. The first-order chi connectivity index (χ1) is 16.0. The SMILES string of the molecule is Cc1c(F)c(NC(=O)C(C)(C)C)c2c(=O)cc(-c3ccc(NC(=O)C(C)(C)C)c(F)c3)oc2c1F. The van der Waals surface area contributed by atoms with E-state index in [0.29, 0.717) is 0 Å². The third-order valence-electron chi connectivity index (χ3n) is 5.38. The van der Waals surface area contributed by atoms with Crippen LogP contribution in [0.15, 0.2) is 33.5 Å². The molecule has 0 spiro atoms. The van der Waals surface area contributed by atoms with Gasteiger partial charge in [-0.25, -0.2) is 13.2 Å². The average Bonchev–Trinajstić information content (AvgIpc) is 2.74. The van der Waals surface area contributed by atoms with Crippen molar-refractivity contribution >= 4 is 34.2 Å². The number of carbonyl (C=O) groups excluding carboxylic acids is 2. The van der Waals surface area contributed by atoms with Crippen LogP contribution in [0.1, 0.15) is 47.1 Å². The molecule has 0 radical (unpaired) electrons. The molecular weight excluding hydrogens is 461 g/mol. The first-order valence-electron chi connectivity index (χ1n) is 10.9. The zero-order valence-electron chi connectivity index (χ0n) is 20.6. The Morgan fingerprint density at radius 2 is 1.43 bits per heavy atom. The highest BCUT2D eigenvalue weighted by molar-refractivity contribution is 6.03. The topological polar surface area (TPSA) is 88.4 Å². The molecule has 9 heteroatoms. The second-order valence-corrected chi connectivity index (χ2v) is 10.4. The highest BCUT2D eigenvalue weighted by Gasteiger charge is 2.28. The minimum absolute atomic E-state index is 0.0758. The third kappa shape index (κ3) is 5.08. The molecule has 2 N–H and O–H groups in total. The number of rotatable bonds is 3. The van der Waals surface area contributed by atoms with E-state index in [9.17, 15) is 27.6 Å². The number of hydrogen-bond donors (Lipinski definition) is 2. The molecule has 0 aliphatic heterocycles. The van der Waals surface area contributed by atoms with E-state index in [1.807, 2.05) is 0 Å². The van der Waals surface area contributed by atoms with Gasteiger partial charge in [0, 0.05) is 28.0 Å². The maximum atomic E-state index is 15.0. The molecule has 2 amide bonds. The van der Waals surface area contributed by atoms with Gasteiger partial charge in [0.25, 0.3) is 0 Å². The molecule has 0 unspecified atom stereocenters. The van der Waals surface area contributed by atoms with E-state index < -0.39 is 67.7 Å². The van der Waals surface area contributed by atoms with E-state index in [0.717, 1.165) is 19.1 Å². The van der Waals surface area contributed by atoms with Crippen molar-refractivity contribution in [1.29, 1.82) is 0 Å². The summed E-state index contributed by atoms with van der Waals surface area (Å²) >= 11 is 0. The minimum Gasteiger partial charge on any atom is -0.453 e. The number of nitrogens with one attached hydrogen (secondary N) is 2. The summed E-state index contributed by atoms with van der Waals surface area (Å²) in [6, 6.07) is 4.67. The van der Waals surface area contributed by atoms with Crippen LogP contribution in [0.5, 0.6) is 0 Å². The summed E-state index contributed by atoms with van der Waals surface area (Å²) in [4.78, 5) is 37.6. The maximum absolute atomic E-state index is 15.0. The van der Waals surface area contributed by atoms with E-state index >= 15 is 0 Å². The Morgan fingerprint density at radius 3 is 1.97 bits per heavy atom. The molecule has 35 heavy (non-hydrogen) atoms. The van der Waals surface area contributed by atoms with Crippen molar-refractivity contribution in [1.82, 2.24) is 0 Å². The van der Waals surface area contributed by atoms with E-state index in [1.165, 1.54) is 12.1 Å². The number of halogens is 3. The molecule has 6 nitrogen and oxygen atoms in total. The molecule has 0 aliphatic rings. The zero-order valence-corrected chi connectivity index (χ0v) is 20.6. The molecule has 0 fully saturated rings. The molecule has 186 valence electrons. The number of benzene rings is 2. The molecule has 1 heterocycles. The van der Waals surface area contributed by atoms with Gasteiger partial charge in [-0.3, -0.25) is 14.4 Å². The van der Waals surface area contributed by atoms with Gasteiger partial charge in [-0.2, -0.15) is 0 Å². The minimum atomic E-state index is -1.11. The Morgan fingerprint density at radius 1 is 0.857 bits per heavy atom. The van der Waals surface area contributed by atoms with Crippen LogP contribution in [0.25, 0.3) is 22.3 Å². The lowest BCUT2D eigenvalue weighted by Gasteiger charge is -2.20. The van der Waals surface area contributed by atoms with Crippen LogP contribution in [-0.4, -0.2) is 11.8 Å². The highest BCUT2D eigenvalue weighted by Crippen LogP contribution is 2.34. The number of carbonyl (C=O) groups is 2. The van der Waals surface area contributed by atoms with Crippen LogP contribution in [0.2, 0.25) is 0 Å². The Kier molecular flexibility index (Phi) is 6.59. The highest BCUT2D eigenvalue weighted by atomic mass is 19.1. The first kappa shape index (κ1) is 26.0. The van der Waals surface area contributed by atoms with Crippen molar-refractivity contribution in [3.63, 3.8) is 0 Å². The smallest absolute Gasteiger partial charge is 0.229 e. The second-order valence-electron chi connectivity index (χ2n) is 10.4. The van der Waals surface area contributed by atoms with Crippen molar-refractivity contribution < 1.29 is 27.2 Å². The number of amides is 2. The van der Waals surface area contributed by atoms with Crippen LogP contribution in [0.3, 0.4) is 0 Å². The predicted molar refractivity (Wildman–Crippen MR) is 129 cm³/mol. The molecule has 1 aromatic heterocycles. The maximum Gasteiger partial charge on any atom is 0.229 e. The Hall–Kier alpha value is -3.62. The summed E-state index contributed by atoms with van der Waals surface area (Å²) in [6.45, 7) is 11.0. The molecule has 0 saturated carbocycles. The number of anilines is 2. The monoisotopic (exact) mass is 488 g/mol. The fraction of sp³-hybridized carbons (Fsp3) is 0.346. The van der Waals surface area contributed by atoms with Gasteiger partial charge in [-0.05, 0) is 25.1 Å². The van der Waals surface area contributed by atoms with Crippen molar-refractivity contribution in [3.05, 3.63) is 57.5 Å². The van der Waals surface area contributed by atoms with Crippen molar-refractivity contribution in [2.75, 3.05) is 10.6 Å². The summed E-state index contributed by atoms with van der Waals surface area (Å²) in [5, 5.41) is 4.38. The molecule has 3 aromatic rings. The molecular formula is C26H27F3N2O4. The van der Waals surface area contributed by atoms with E-state index in [-0.39, 0.29) is 17.0 Å². The van der Waals surface area contributed by atoms with Gasteiger partial charge >= 0.3 is 0 Å². The van der Waals surface area contributed by atoms with Gasteiger partial charge in [0.05, 0.1) is 16.8 Å². The largest absolute Gasteiger partial charge is 0.453 e. The lowest BCUT2D eigenvalue weighted by molar-refractivity contribution is -0.123. The molecule has 2 aromatic carbocycles. The predicted octanol–water partition coefficient (Wildman–Crippen LogP) is 6.15. The van der Waals surface area contributed by atoms with Gasteiger partial charge in [0.15, 0.2) is 22.6 Å². The van der Waals surface area contributed by atoms with Crippen LogP contribution in [0.4, 0.5) is 24.5 Å². The van der Waals surface area contributed by atoms with Gasteiger partial charge in [-0.15, -0.1) is 0 Å². The zero-order chi connectivity index (χ0) is 26.5.